The van der Waals surface area contributed by atoms with Crippen LogP contribution >= 0.6 is 24.0 Å². The van der Waals surface area contributed by atoms with E-state index >= 15 is 0 Å². The number of carbonyl (C=O) groups is 1. The first-order valence-corrected chi connectivity index (χ1v) is 10.7. The van der Waals surface area contributed by atoms with E-state index in [-0.39, 0.29) is 29.9 Å². The lowest BCUT2D eigenvalue weighted by Crippen LogP contribution is -2.52. The van der Waals surface area contributed by atoms with Gasteiger partial charge in [0.05, 0.1) is 13.7 Å². The smallest absolute Gasteiger partial charge is 0.227 e. The molecule has 0 bridgehead atoms. The normalized spacial score (nSPS) is 13.9. The van der Waals surface area contributed by atoms with Crippen molar-refractivity contribution in [2.75, 3.05) is 56.6 Å². The number of amides is 1. The third kappa shape index (κ3) is 7.54. The summed E-state index contributed by atoms with van der Waals surface area (Å²) in [4.78, 5) is 25.8. The number of rotatable bonds is 7. The topological polar surface area (TPSA) is 82.1 Å². The molecule has 3 rings (SSSR count). The fraction of sp³-hybridized carbons (Fsp3) is 0.435. The Morgan fingerprint density at radius 2 is 1.84 bits per heavy atom. The predicted molar refractivity (Wildman–Crippen MR) is 140 cm³/mol. The van der Waals surface area contributed by atoms with Crippen molar-refractivity contribution >= 4 is 47.3 Å². The molecule has 1 aliphatic rings. The van der Waals surface area contributed by atoms with Crippen LogP contribution in [0.1, 0.15) is 19.0 Å². The second kappa shape index (κ2) is 13.1. The average molecular weight is 552 g/mol. The third-order valence-corrected chi connectivity index (χ3v) is 5.11. The van der Waals surface area contributed by atoms with Gasteiger partial charge in [-0.05, 0) is 50.2 Å². The number of benzene rings is 1. The molecule has 2 heterocycles. The van der Waals surface area contributed by atoms with E-state index in [4.69, 9.17) is 4.74 Å². The number of methoxy groups -OCH3 is 1. The second-order valence-corrected chi connectivity index (χ2v) is 7.37. The Labute approximate surface area is 207 Å². The summed E-state index contributed by atoms with van der Waals surface area (Å²) in [6.45, 7) is 8.74. The van der Waals surface area contributed by atoms with Crippen molar-refractivity contribution in [1.82, 2.24) is 15.2 Å². The number of nitrogens with one attached hydrogen (secondary N) is 2. The molecule has 174 valence electrons. The highest BCUT2D eigenvalue weighted by atomic mass is 127. The van der Waals surface area contributed by atoms with Crippen molar-refractivity contribution in [2.45, 2.75) is 20.3 Å². The van der Waals surface area contributed by atoms with E-state index in [0.717, 1.165) is 50.1 Å². The number of guanidine groups is 1. The van der Waals surface area contributed by atoms with Crippen molar-refractivity contribution in [3.63, 3.8) is 0 Å². The van der Waals surface area contributed by atoms with Gasteiger partial charge in [-0.1, -0.05) is 6.07 Å². The molecule has 2 N–H and O–H groups in total. The summed E-state index contributed by atoms with van der Waals surface area (Å²) >= 11 is 0. The molecule has 9 heteroatoms. The van der Waals surface area contributed by atoms with E-state index in [0.29, 0.717) is 18.8 Å². The minimum Gasteiger partial charge on any atom is -0.497 e. The van der Waals surface area contributed by atoms with E-state index in [1.165, 1.54) is 5.69 Å². The average Bonchev–Trinajstić information content (AvgIpc) is 2.79. The van der Waals surface area contributed by atoms with Crippen LogP contribution in [0.2, 0.25) is 0 Å². The molecule has 0 saturated carbocycles. The molecule has 32 heavy (non-hydrogen) atoms. The monoisotopic (exact) mass is 552 g/mol. The Balaban J connectivity index is 0.00000363. The fourth-order valence-electron chi connectivity index (χ4n) is 3.48. The Morgan fingerprint density at radius 3 is 2.47 bits per heavy atom. The van der Waals surface area contributed by atoms with Gasteiger partial charge < -0.3 is 25.2 Å². The molecule has 8 nitrogen and oxygen atoms in total. The molecule has 1 aromatic heterocycles. The SMILES string of the molecule is CCNC(=NCCC(=O)Nc1cccc(C)n1)N1CCN(c2ccc(OC)cc2)CC1.I. The summed E-state index contributed by atoms with van der Waals surface area (Å²) in [5.74, 6) is 2.22. The van der Waals surface area contributed by atoms with E-state index in [1.54, 1.807) is 13.2 Å². The quantitative estimate of drug-likeness (QED) is 0.312. The highest BCUT2D eigenvalue weighted by molar-refractivity contribution is 14.0. The first kappa shape index (κ1) is 25.7. The van der Waals surface area contributed by atoms with Gasteiger partial charge in [-0.3, -0.25) is 9.79 Å². The highest BCUT2D eigenvalue weighted by Gasteiger charge is 2.20. The fourth-order valence-corrected chi connectivity index (χ4v) is 3.48. The van der Waals surface area contributed by atoms with Gasteiger partial charge in [0.25, 0.3) is 0 Å². The van der Waals surface area contributed by atoms with Gasteiger partial charge in [0, 0.05) is 50.5 Å². The van der Waals surface area contributed by atoms with Gasteiger partial charge in [-0.15, -0.1) is 24.0 Å². The van der Waals surface area contributed by atoms with Crippen LogP contribution in [0.4, 0.5) is 11.5 Å². The molecule has 2 aromatic rings. The number of hydrogen-bond acceptors (Lipinski definition) is 5. The summed E-state index contributed by atoms with van der Waals surface area (Å²) in [6, 6.07) is 13.7. The molecular formula is C23H33IN6O2. The van der Waals surface area contributed by atoms with Crippen LogP contribution in [0.5, 0.6) is 5.75 Å². The Morgan fingerprint density at radius 1 is 1.12 bits per heavy atom. The maximum Gasteiger partial charge on any atom is 0.227 e. The molecular weight excluding hydrogens is 519 g/mol. The van der Waals surface area contributed by atoms with E-state index < -0.39 is 0 Å². The van der Waals surface area contributed by atoms with Gasteiger partial charge in [0.2, 0.25) is 5.91 Å². The summed E-state index contributed by atoms with van der Waals surface area (Å²) in [5.41, 5.74) is 2.07. The van der Waals surface area contributed by atoms with Crippen LogP contribution in [0.25, 0.3) is 0 Å². The van der Waals surface area contributed by atoms with Crippen LogP contribution in [-0.4, -0.2) is 68.1 Å². The van der Waals surface area contributed by atoms with Crippen molar-refractivity contribution in [1.29, 1.82) is 0 Å². The number of piperazine rings is 1. The lowest BCUT2D eigenvalue weighted by Gasteiger charge is -2.37. The minimum atomic E-state index is -0.0815. The molecule has 1 aliphatic heterocycles. The maximum absolute atomic E-state index is 12.2. The summed E-state index contributed by atoms with van der Waals surface area (Å²) < 4.78 is 5.24. The van der Waals surface area contributed by atoms with Crippen molar-refractivity contribution in [3.8, 4) is 5.75 Å². The first-order valence-electron chi connectivity index (χ1n) is 10.7. The molecule has 0 aliphatic carbocycles. The molecule has 0 spiro atoms. The van der Waals surface area contributed by atoms with Crippen LogP contribution in [-0.2, 0) is 4.79 Å². The van der Waals surface area contributed by atoms with E-state index in [9.17, 15) is 4.79 Å². The predicted octanol–water partition coefficient (Wildman–Crippen LogP) is 3.13. The van der Waals surface area contributed by atoms with Crippen molar-refractivity contribution in [3.05, 3.63) is 48.2 Å². The highest BCUT2D eigenvalue weighted by Crippen LogP contribution is 2.20. The standard InChI is InChI=1S/C23H32N6O2.HI/c1-4-24-23(25-13-12-22(30)27-21-7-5-6-18(2)26-21)29-16-14-28(15-17-29)19-8-10-20(31-3)11-9-19;/h5-11H,4,12-17H2,1-3H3,(H,24,25)(H,26,27,30);1H. The zero-order valence-corrected chi connectivity index (χ0v) is 21.3. The lowest BCUT2D eigenvalue weighted by atomic mass is 10.2. The summed E-state index contributed by atoms with van der Waals surface area (Å²) in [7, 11) is 1.68. The molecule has 0 unspecified atom stereocenters. The van der Waals surface area contributed by atoms with E-state index in [1.807, 2.05) is 31.2 Å². The number of aryl methyl sites for hydroxylation is 1. The van der Waals surface area contributed by atoms with Crippen molar-refractivity contribution in [2.24, 2.45) is 4.99 Å². The van der Waals surface area contributed by atoms with Crippen molar-refractivity contribution < 1.29 is 9.53 Å². The van der Waals surface area contributed by atoms with E-state index in [2.05, 4.69) is 49.5 Å². The van der Waals surface area contributed by atoms with Crippen LogP contribution in [0.15, 0.2) is 47.5 Å². The van der Waals surface area contributed by atoms with Gasteiger partial charge in [0.1, 0.15) is 11.6 Å². The number of hydrogen-bond donors (Lipinski definition) is 2. The number of pyridine rings is 1. The van der Waals surface area contributed by atoms with Gasteiger partial charge in [0.15, 0.2) is 5.96 Å². The number of nitrogens with zero attached hydrogens (tertiary/aromatic N) is 4. The minimum absolute atomic E-state index is 0. The second-order valence-electron chi connectivity index (χ2n) is 7.37. The number of aliphatic imine (C=N–C) groups is 1. The van der Waals surface area contributed by atoms with Crippen LogP contribution in [0, 0.1) is 6.92 Å². The number of aromatic nitrogens is 1. The third-order valence-electron chi connectivity index (χ3n) is 5.11. The number of carbonyl (C=O) groups excluding carboxylic acids is 1. The molecule has 1 aromatic carbocycles. The number of anilines is 2. The van der Waals surface area contributed by atoms with Gasteiger partial charge in [-0.2, -0.15) is 0 Å². The zero-order chi connectivity index (χ0) is 22.1. The first-order chi connectivity index (χ1) is 15.1. The molecule has 1 fully saturated rings. The summed E-state index contributed by atoms with van der Waals surface area (Å²) in [6.07, 6.45) is 0.316. The number of halogens is 1. The van der Waals surface area contributed by atoms with Crippen LogP contribution < -0.4 is 20.3 Å². The molecule has 1 amide bonds. The van der Waals surface area contributed by atoms with Crippen LogP contribution in [0.3, 0.4) is 0 Å². The zero-order valence-electron chi connectivity index (χ0n) is 19.0. The molecule has 0 radical (unpaired) electrons. The van der Waals surface area contributed by atoms with Gasteiger partial charge in [-0.25, -0.2) is 4.98 Å². The largest absolute Gasteiger partial charge is 0.497 e. The van der Waals surface area contributed by atoms with Gasteiger partial charge >= 0.3 is 0 Å². The molecule has 1 saturated heterocycles. The Hall–Kier alpha value is -2.56. The maximum atomic E-state index is 12.2. The number of ether oxygens (including phenoxy) is 1. The Kier molecular flexibility index (Phi) is 10.5. The summed E-state index contributed by atoms with van der Waals surface area (Å²) in [5, 5.41) is 6.18. The molecule has 0 atom stereocenters. The Bertz CT molecular complexity index is 882. The lowest BCUT2D eigenvalue weighted by molar-refractivity contribution is -0.116.